The Kier molecular flexibility index (Phi) is 3.14. The predicted molar refractivity (Wildman–Crippen MR) is 82.5 cm³/mol. The number of hydrogen-bond acceptors (Lipinski definition) is 3. The van der Waals surface area contributed by atoms with Gasteiger partial charge in [0, 0.05) is 30.9 Å². The topological polar surface area (TPSA) is 66.8 Å². The summed E-state index contributed by atoms with van der Waals surface area (Å²) in [6.07, 6.45) is 5.77. The third-order valence-electron chi connectivity index (χ3n) is 4.26. The first-order valence-corrected chi connectivity index (χ1v) is 7.54. The summed E-state index contributed by atoms with van der Waals surface area (Å²) in [6.45, 7) is 1.46. The number of amides is 1. The van der Waals surface area contributed by atoms with E-state index < -0.39 is 0 Å². The van der Waals surface area contributed by atoms with Gasteiger partial charge < -0.3 is 4.90 Å². The molecule has 22 heavy (non-hydrogen) atoms. The molecule has 1 amide bonds. The number of aromatic nitrogens is 4. The fourth-order valence-electron chi connectivity index (χ4n) is 3.13. The quantitative estimate of drug-likeness (QED) is 0.788. The van der Waals surface area contributed by atoms with Crippen molar-refractivity contribution in [1.82, 2.24) is 24.9 Å². The minimum Gasteiger partial charge on any atom is -0.335 e. The molecule has 3 heterocycles. The largest absolute Gasteiger partial charge is 0.335 e. The number of carbonyl (C=O) groups excluding carboxylic acids is 1. The van der Waals surface area contributed by atoms with Crippen molar-refractivity contribution in [3.05, 3.63) is 48.4 Å². The molecule has 1 saturated heterocycles. The summed E-state index contributed by atoms with van der Waals surface area (Å²) in [5.41, 5.74) is 1.41. The maximum atomic E-state index is 12.8. The molecule has 0 bridgehead atoms. The van der Waals surface area contributed by atoms with Gasteiger partial charge in [-0.2, -0.15) is 10.2 Å². The zero-order valence-corrected chi connectivity index (χ0v) is 12.1. The molecule has 1 aliphatic heterocycles. The van der Waals surface area contributed by atoms with E-state index in [9.17, 15) is 4.79 Å². The lowest BCUT2D eigenvalue weighted by molar-refractivity contribution is 0.0669. The monoisotopic (exact) mass is 295 g/mol. The summed E-state index contributed by atoms with van der Waals surface area (Å²) in [4.78, 5) is 14.7. The summed E-state index contributed by atoms with van der Waals surface area (Å²) < 4.78 is 1.95. The van der Waals surface area contributed by atoms with Gasteiger partial charge in [0.15, 0.2) is 5.69 Å². The highest BCUT2D eigenvalue weighted by atomic mass is 16.2. The lowest BCUT2D eigenvalue weighted by Gasteiger charge is -2.32. The molecule has 0 saturated carbocycles. The number of H-pyrrole nitrogens is 1. The Bertz CT molecular complexity index is 792. The Labute approximate surface area is 127 Å². The van der Waals surface area contributed by atoms with Crippen molar-refractivity contribution < 1.29 is 4.79 Å². The summed E-state index contributed by atoms with van der Waals surface area (Å²) in [6, 6.07) is 9.89. The molecule has 0 spiro atoms. The van der Waals surface area contributed by atoms with E-state index in [0.29, 0.717) is 12.2 Å². The normalized spacial score (nSPS) is 18.7. The number of piperidine rings is 1. The number of nitrogens with zero attached hydrogens (tertiary/aromatic N) is 4. The summed E-state index contributed by atoms with van der Waals surface area (Å²) in [5, 5.41) is 12.3. The maximum absolute atomic E-state index is 12.8. The van der Waals surface area contributed by atoms with Gasteiger partial charge >= 0.3 is 0 Å². The molecule has 0 radical (unpaired) electrons. The second-order valence-electron chi connectivity index (χ2n) is 5.65. The second-order valence-corrected chi connectivity index (χ2v) is 5.65. The molecule has 1 aliphatic rings. The molecule has 6 heteroatoms. The fourth-order valence-corrected chi connectivity index (χ4v) is 3.13. The van der Waals surface area contributed by atoms with Crippen LogP contribution in [0.5, 0.6) is 0 Å². The zero-order chi connectivity index (χ0) is 14.9. The van der Waals surface area contributed by atoms with Crippen molar-refractivity contribution in [2.75, 3.05) is 13.1 Å². The molecule has 2 aromatic heterocycles. The van der Waals surface area contributed by atoms with Gasteiger partial charge in [0.2, 0.25) is 0 Å². The minimum atomic E-state index is -0.00527. The highest BCUT2D eigenvalue weighted by Gasteiger charge is 2.27. The van der Waals surface area contributed by atoms with Gasteiger partial charge in [0.25, 0.3) is 5.91 Å². The van der Waals surface area contributed by atoms with Crippen LogP contribution in [0.3, 0.4) is 0 Å². The van der Waals surface area contributed by atoms with Crippen LogP contribution in [-0.2, 0) is 0 Å². The van der Waals surface area contributed by atoms with Crippen LogP contribution in [0.25, 0.3) is 10.9 Å². The van der Waals surface area contributed by atoms with Crippen LogP contribution in [0.4, 0.5) is 0 Å². The highest BCUT2D eigenvalue weighted by molar-refractivity contribution is 6.04. The average molecular weight is 295 g/mol. The van der Waals surface area contributed by atoms with E-state index in [4.69, 9.17) is 0 Å². The molecule has 1 atom stereocenters. The average Bonchev–Trinajstić information content (AvgIpc) is 3.24. The van der Waals surface area contributed by atoms with Crippen molar-refractivity contribution in [2.24, 2.45) is 0 Å². The van der Waals surface area contributed by atoms with Crippen molar-refractivity contribution in [3.63, 3.8) is 0 Å². The van der Waals surface area contributed by atoms with E-state index in [2.05, 4.69) is 15.3 Å². The van der Waals surface area contributed by atoms with Crippen LogP contribution in [-0.4, -0.2) is 43.9 Å². The third kappa shape index (κ3) is 2.16. The van der Waals surface area contributed by atoms with Gasteiger partial charge in [-0.3, -0.25) is 14.6 Å². The van der Waals surface area contributed by atoms with Crippen LogP contribution in [0.15, 0.2) is 42.7 Å². The summed E-state index contributed by atoms with van der Waals surface area (Å²) in [7, 11) is 0. The van der Waals surface area contributed by atoms with Gasteiger partial charge in [0.05, 0.1) is 11.6 Å². The smallest absolute Gasteiger partial charge is 0.275 e. The SMILES string of the molecule is O=C(c1n[nH]c2ccccc12)N1CCCC(n2cccn2)C1. The van der Waals surface area contributed by atoms with E-state index in [1.807, 2.05) is 46.1 Å². The molecule has 1 N–H and O–H groups in total. The third-order valence-corrected chi connectivity index (χ3v) is 4.26. The first kappa shape index (κ1) is 13.1. The maximum Gasteiger partial charge on any atom is 0.275 e. The number of fused-ring (bicyclic) bond motifs is 1. The standard InChI is InChI=1S/C16H17N5O/c22-16(15-13-6-1-2-7-14(13)18-19-15)20-9-3-5-12(11-20)21-10-4-8-17-21/h1-2,4,6-8,10,12H,3,5,9,11H2,(H,18,19). The number of nitrogens with one attached hydrogen (secondary N) is 1. The van der Waals surface area contributed by atoms with Crippen molar-refractivity contribution >= 4 is 16.8 Å². The Hall–Kier alpha value is -2.63. The van der Waals surface area contributed by atoms with Crippen molar-refractivity contribution in [3.8, 4) is 0 Å². The van der Waals surface area contributed by atoms with Gasteiger partial charge in [-0.1, -0.05) is 18.2 Å². The number of aromatic amines is 1. The van der Waals surface area contributed by atoms with Gasteiger partial charge in [-0.25, -0.2) is 0 Å². The van der Waals surface area contributed by atoms with E-state index in [1.54, 1.807) is 6.20 Å². The van der Waals surface area contributed by atoms with Crippen LogP contribution in [0.2, 0.25) is 0 Å². The fraction of sp³-hybridized carbons (Fsp3) is 0.312. The van der Waals surface area contributed by atoms with Crippen molar-refractivity contribution in [1.29, 1.82) is 0 Å². The molecule has 1 unspecified atom stereocenters. The molecular formula is C16H17N5O. The number of hydrogen-bond donors (Lipinski definition) is 1. The Balaban J connectivity index is 1.60. The van der Waals surface area contributed by atoms with Crippen LogP contribution >= 0.6 is 0 Å². The van der Waals surface area contributed by atoms with E-state index in [1.165, 1.54) is 0 Å². The zero-order valence-electron chi connectivity index (χ0n) is 12.1. The number of rotatable bonds is 2. The predicted octanol–water partition coefficient (Wildman–Crippen LogP) is 2.24. The summed E-state index contributed by atoms with van der Waals surface area (Å²) in [5.74, 6) is -0.00527. The second kappa shape index (κ2) is 5.29. The summed E-state index contributed by atoms with van der Waals surface area (Å²) >= 11 is 0. The molecule has 6 nitrogen and oxygen atoms in total. The minimum absolute atomic E-state index is 0.00527. The molecule has 0 aliphatic carbocycles. The lowest BCUT2D eigenvalue weighted by atomic mass is 10.1. The Morgan fingerprint density at radius 2 is 2.18 bits per heavy atom. The molecule has 112 valence electrons. The van der Waals surface area contributed by atoms with E-state index in [-0.39, 0.29) is 11.9 Å². The van der Waals surface area contributed by atoms with Crippen LogP contribution in [0.1, 0.15) is 29.4 Å². The van der Waals surface area contributed by atoms with Gasteiger partial charge in [-0.15, -0.1) is 0 Å². The first-order chi connectivity index (χ1) is 10.8. The number of benzene rings is 1. The van der Waals surface area contributed by atoms with E-state index in [0.717, 1.165) is 30.3 Å². The highest BCUT2D eigenvalue weighted by Crippen LogP contribution is 2.23. The number of para-hydroxylation sites is 1. The molecule has 1 fully saturated rings. The Morgan fingerprint density at radius 3 is 3.05 bits per heavy atom. The number of likely N-dealkylation sites (tertiary alicyclic amines) is 1. The molecule has 3 aromatic rings. The molecular weight excluding hydrogens is 278 g/mol. The van der Waals surface area contributed by atoms with E-state index >= 15 is 0 Å². The van der Waals surface area contributed by atoms with Gasteiger partial charge in [-0.05, 0) is 25.0 Å². The van der Waals surface area contributed by atoms with Crippen LogP contribution < -0.4 is 0 Å². The lowest BCUT2D eigenvalue weighted by Crippen LogP contribution is -2.41. The first-order valence-electron chi connectivity index (χ1n) is 7.54. The molecule has 1 aromatic carbocycles. The molecule has 4 rings (SSSR count). The van der Waals surface area contributed by atoms with Gasteiger partial charge in [0.1, 0.15) is 0 Å². The van der Waals surface area contributed by atoms with Crippen LogP contribution in [0, 0.1) is 0 Å². The Morgan fingerprint density at radius 1 is 1.27 bits per heavy atom. The van der Waals surface area contributed by atoms with Crippen molar-refractivity contribution in [2.45, 2.75) is 18.9 Å². The number of carbonyl (C=O) groups is 1.